The van der Waals surface area contributed by atoms with Crippen LogP contribution < -0.4 is 5.32 Å². The number of nitrogens with zero attached hydrogens (tertiary/aromatic N) is 1. The Bertz CT molecular complexity index is 454. The molecule has 1 aromatic rings. The summed E-state index contributed by atoms with van der Waals surface area (Å²) in [6, 6.07) is 6.25. The van der Waals surface area contributed by atoms with E-state index < -0.39 is 0 Å². The van der Waals surface area contributed by atoms with E-state index in [1.165, 1.54) is 11.1 Å². The summed E-state index contributed by atoms with van der Waals surface area (Å²) in [6.07, 6.45) is 0.469. The first kappa shape index (κ1) is 15.0. The normalized spacial score (nSPS) is 16.1. The second kappa shape index (κ2) is 7.41. The Morgan fingerprint density at radius 1 is 1.30 bits per heavy atom. The van der Waals surface area contributed by atoms with Crippen molar-refractivity contribution in [3.05, 3.63) is 34.9 Å². The molecule has 2 rings (SSSR count). The van der Waals surface area contributed by atoms with E-state index in [1.54, 1.807) is 0 Å². The van der Waals surface area contributed by atoms with Crippen molar-refractivity contribution in [2.24, 2.45) is 0 Å². The summed E-state index contributed by atoms with van der Waals surface area (Å²) in [5.41, 5.74) is 3.50. The fourth-order valence-corrected chi connectivity index (χ4v) is 2.40. The Labute approximate surface area is 121 Å². The Kier molecular flexibility index (Phi) is 5.56. The van der Waals surface area contributed by atoms with E-state index in [0.29, 0.717) is 13.0 Å². The molecule has 20 heavy (non-hydrogen) atoms. The van der Waals surface area contributed by atoms with Crippen molar-refractivity contribution in [1.82, 2.24) is 10.2 Å². The van der Waals surface area contributed by atoms with Crippen LogP contribution in [0.5, 0.6) is 0 Å². The van der Waals surface area contributed by atoms with Gasteiger partial charge in [-0.2, -0.15) is 0 Å². The maximum absolute atomic E-state index is 12.0. The Hall–Kier alpha value is -1.39. The van der Waals surface area contributed by atoms with Gasteiger partial charge in [0.15, 0.2) is 0 Å². The topological polar surface area (TPSA) is 41.6 Å². The zero-order chi connectivity index (χ0) is 14.4. The Morgan fingerprint density at radius 3 is 2.80 bits per heavy atom. The Morgan fingerprint density at radius 2 is 2.05 bits per heavy atom. The van der Waals surface area contributed by atoms with E-state index in [4.69, 9.17) is 4.74 Å². The van der Waals surface area contributed by atoms with Crippen LogP contribution in [0, 0.1) is 13.8 Å². The number of nitrogens with one attached hydrogen (secondary N) is 1. The molecule has 0 atom stereocenters. The van der Waals surface area contributed by atoms with Crippen LogP contribution in [-0.4, -0.2) is 50.2 Å². The maximum Gasteiger partial charge on any atom is 0.224 e. The van der Waals surface area contributed by atoms with E-state index in [-0.39, 0.29) is 5.91 Å². The molecule has 4 heteroatoms. The number of amides is 1. The van der Waals surface area contributed by atoms with Crippen LogP contribution in [0.4, 0.5) is 0 Å². The fourth-order valence-electron chi connectivity index (χ4n) is 2.40. The summed E-state index contributed by atoms with van der Waals surface area (Å²) in [7, 11) is 0. The van der Waals surface area contributed by atoms with E-state index in [9.17, 15) is 4.79 Å². The van der Waals surface area contributed by atoms with Crippen LogP contribution >= 0.6 is 0 Å². The van der Waals surface area contributed by atoms with Gasteiger partial charge in [-0.1, -0.05) is 23.8 Å². The van der Waals surface area contributed by atoms with Gasteiger partial charge in [0.1, 0.15) is 0 Å². The van der Waals surface area contributed by atoms with Gasteiger partial charge in [0.05, 0.1) is 19.6 Å². The van der Waals surface area contributed by atoms with E-state index in [2.05, 4.69) is 42.3 Å². The number of aryl methyl sites for hydroxylation is 2. The molecule has 1 fully saturated rings. The SMILES string of the molecule is Cc1ccc(C)c(CC(=O)NCCN2CCOCC2)c1. The first-order valence-corrected chi connectivity index (χ1v) is 7.28. The van der Waals surface area contributed by atoms with Crippen LogP contribution in [0.2, 0.25) is 0 Å². The summed E-state index contributed by atoms with van der Waals surface area (Å²) in [5.74, 6) is 0.104. The van der Waals surface area contributed by atoms with Crippen LogP contribution in [-0.2, 0) is 16.0 Å². The van der Waals surface area contributed by atoms with Crippen LogP contribution in [0.25, 0.3) is 0 Å². The molecule has 1 aromatic carbocycles. The van der Waals surface area contributed by atoms with Gasteiger partial charge >= 0.3 is 0 Å². The summed E-state index contributed by atoms with van der Waals surface area (Å²) in [6.45, 7) is 9.26. The molecule has 1 amide bonds. The molecule has 0 bridgehead atoms. The highest BCUT2D eigenvalue weighted by Gasteiger charge is 2.10. The predicted octanol–water partition coefficient (Wildman–Crippen LogP) is 1.29. The third-order valence-electron chi connectivity index (χ3n) is 3.71. The smallest absolute Gasteiger partial charge is 0.224 e. The van der Waals surface area contributed by atoms with Gasteiger partial charge in [0, 0.05) is 26.2 Å². The van der Waals surface area contributed by atoms with Gasteiger partial charge in [-0.05, 0) is 25.0 Å². The lowest BCUT2D eigenvalue weighted by Crippen LogP contribution is -2.41. The molecule has 0 aromatic heterocycles. The van der Waals surface area contributed by atoms with Crippen molar-refractivity contribution in [3.8, 4) is 0 Å². The average Bonchev–Trinajstić information content (AvgIpc) is 2.44. The van der Waals surface area contributed by atoms with Crippen molar-refractivity contribution < 1.29 is 9.53 Å². The van der Waals surface area contributed by atoms with Crippen LogP contribution in [0.3, 0.4) is 0 Å². The average molecular weight is 276 g/mol. The molecule has 1 aliphatic rings. The zero-order valence-corrected chi connectivity index (χ0v) is 12.4. The minimum atomic E-state index is 0.104. The summed E-state index contributed by atoms with van der Waals surface area (Å²) in [4.78, 5) is 14.3. The molecule has 1 N–H and O–H groups in total. The summed E-state index contributed by atoms with van der Waals surface area (Å²) < 4.78 is 5.30. The van der Waals surface area contributed by atoms with Gasteiger partial charge in [-0.15, -0.1) is 0 Å². The zero-order valence-electron chi connectivity index (χ0n) is 12.4. The molecule has 1 saturated heterocycles. The summed E-state index contributed by atoms with van der Waals surface area (Å²) in [5, 5.41) is 3.00. The lowest BCUT2D eigenvalue weighted by atomic mass is 10.0. The second-order valence-corrected chi connectivity index (χ2v) is 5.41. The highest BCUT2D eigenvalue weighted by Crippen LogP contribution is 2.11. The lowest BCUT2D eigenvalue weighted by Gasteiger charge is -2.26. The van der Waals surface area contributed by atoms with Crippen molar-refractivity contribution in [2.45, 2.75) is 20.3 Å². The summed E-state index contributed by atoms with van der Waals surface area (Å²) >= 11 is 0. The standard InChI is InChI=1S/C16H24N2O2/c1-13-3-4-14(2)15(11-13)12-16(19)17-5-6-18-7-9-20-10-8-18/h3-4,11H,5-10,12H2,1-2H3,(H,17,19). The number of morpholine rings is 1. The molecule has 4 nitrogen and oxygen atoms in total. The molecular formula is C16H24N2O2. The van der Waals surface area contributed by atoms with Crippen molar-refractivity contribution >= 4 is 5.91 Å². The van der Waals surface area contributed by atoms with Gasteiger partial charge < -0.3 is 10.1 Å². The number of carbonyl (C=O) groups excluding carboxylic acids is 1. The minimum absolute atomic E-state index is 0.104. The third kappa shape index (κ3) is 4.62. The van der Waals surface area contributed by atoms with Gasteiger partial charge in [0.25, 0.3) is 0 Å². The predicted molar refractivity (Wildman–Crippen MR) is 79.9 cm³/mol. The van der Waals surface area contributed by atoms with Crippen molar-refractivity contribution in [1.29, 1.82) is 0 Å². The maximum atomic E-state index is 12.0. The number of benzene rings is 1. The van der Waals surface area contributed by atoms with Gasteiger partial charge in [-0.3, -0.25) is 9.69 Å². The van der Waals surface area contributed by atoms with Crippen LogP contribution in [0.15, 0.2) is 18.2 Å². The first-order valence-electron chi connectivity index (χ1n) is 7.28. The first-order chi connectivity index (χ1) is 9.65. The highest BCUT2D eigenvalue weighted by molar-refractivity contribution is 5.78. The fraction of sp³-hybridized carbons (Fsp3) is 0.562. The van der Waals surface area contributed by atoms with E-state index in [1.807, 2.05) is 0 Å². The number of ether oxygens (including phenoxy) is 1. The number of hydrogen-bond acceptors (Lipinski definition) is 3. The minimum Gasteiger partial charge on any atom is -0.379 e. The van der Waals surface area contributed by atoms with Crippen molar-refractivity contribution in [3.63, 3.8) is 0 Å². The molecule has 0 radical (unpaired) electrons. The van der Waals surface area contributed by atoms with Gasteiger partial charge in [-0.25, -0.2) is 0 Å². The number of carbonyl (C=O) groups is 1. The van der Waals surface area contributed by atoms with Crippen molar-refractivity contribution in [2.75, 3.05) is 39.4 Å². The molecular weight excluding hydrogens is 252 g/mol. The lowest BCUT2D eigenvalue weighted by molar-refractivity contribution is -0.120. The van der Waals surface area contributed by atoms with E-state index >= 15 is 0 Å². The Balaban J connectivity index is 1.73. The molecule has 1 heterocycles. The second-order valence-electron chi connectivity index (χ2n) is 5.41. The monoisotopic (exact) mass is 276 g/mol. The largest absolute Gasteiger partial charge is 0.379 e. The molecule has 0 saturated carbocycles. The number of rotatable bonds is 5. The van der Waals surface area contributed by atoms with E-state index in [0.717, 1.165) is 38.4 Å². The number of hydrogen-bond donors (Lipinski definition) is 1. The van der Waals surface area contributed by atoms with Crippen LogP contribution in [0.1, 0.15) is 16.7 Å². The highest BCUT2D eigenvalue weighted by atomic mass is 16.5. The molecule has 0 spiro atoms. The third-order valence-corrected chi connectivity index (χ3v) is 3.71. The quantitative estimate of drug-likeness (QED) is 0.881. The molecule has 0 aliphatic carbocycles. The molecule has 110 valence electrons. The van der Waals surface area contributed by atoms with Gasteiger partial charge in [0.2, 0.25) is 5.91 Å². The molecule has 1 aliphatic heterocycles. The molecule has 0 unspecified atom stereocenters.